The van der Waals surface area contributed by atoms with E-state index in [4.69, 9.17) is 8.94 Å². The molecule has 0 aliphatic rings. The predicted octanol–water partition coefficient (Wildman–Crippen LogP) is 3.09. The third-order valence-electron chi connectivity index (χ3n) is 3.65. The van der Waals surface area contributed by atoms with Crippen LogP contribution in [0, 0.1) is 0 Å². The molecule has 3 rings (SSSR count). The van der Waals surface area contributed by atoms with Gasteiger partial charge in [-0.1, -0.05) is 35.5 Å². The maximum absolute atomic E-state index is 12.1. The van der Waals surface area contributed by atoms with Crippen molar-refractivity contribution in [3.63, 3.8) is 0 Å². The van der Waals surface area contributed by atoms with Gasteiger partial charge in [0.15, 0.2) is 16.1 Å². The van der Waals surface area contributed by atoms with E-state index in [9.17, 15) is 9.59 Å². The SMILES string of the molecule is CN(Cc1ccc(Br)o1)C(=O)CNC(=O)c1cc(-c2ccccc2)on1. The molecule has 1 N–H and O–H groups in total. The number of hydrogen-bond donors (Lipinski definition) is 1. The van der Waals surface area contributed by atoms with Gasteiger partial charge in [-0.3, -0.25) is 9.59 Å². The van der Waals surface area contributed by atoms with Gasteiger partial charge in [-0.05, 0) is 28.1 Å². The Labute approximate surface area is 158 Å². The quantitative estimate of drug-likeness (QED) is 0.665. The van der Waals surface area contributed by atoms with Crippen LogP contribution in [-0.2, 0) is 11.3 Å². The molecular weight excluding hydrogens is 402 g/mol. The van der Waals surface area contributed by atoms with E-state index < -0.39 is 5.91 Å². The summed E-state index contributed by atoms with van der Waals surface area (Å²) in [6.45, 7) is 0.160. The van der Waals surface area contributed by atoms with Crippen molar-refractivity contribution in [1.29, 1.82) is 0 Å². The van der Waals surface area contributed by atoms with Crippen LogP contribution in [0.15, 0.2) is 62.1 Å². The van der Waals surface area contributed by atoms with Crippen molar-refractivity contribution in [2.24, 2.45) is 0 Å². The summed E-state index contributed by atoms with van der Waals surface area (Å²) >= 11 is 3.21. The van der Waals surface area contributed by atoms with Gasteiger partial charge >= 0.3 is 0 Å². The second-order valence-electron chi connectivity index (χ2n) is 5.58. The van der Waals surface area contributed by atoms with Crippen LogP contribution in [0.5, 0.6) is 0 Å². The fraction of sp³-hybridized carbons (Fsp3) is 0.167. The fourth-order valence-corrected chi connectivity index (χ4v) is 2.60. The van der Waals surface area contributed by atoms with Gasteiger partial charge in [-0.2, -0.15) is 0 Å². The number of benzene rings is 1. The smallest absolute Gasteiger partial charge is 0.273 e. The number of rotatable bonds is 6. The first-order valence-electron chi connectivity index (χ1n) is 7.81. The molecule has 0 aliphatic heterocycles. The van der Waals surface area contributed by atoms with E-state index in [0.717, 1.165) is 5.56 Å². The van der Waals surface area contributed by atoms with Crippen LogP contribution >= 0.6 is 15.9 Å². The van der Waals surface area contributed by atoms with E-state index in [1.54, 1.807) is 25.2 Å². The molecular formula is C18H16BrN3O4. The topological polar surface area (TPSA) is 88.6 Å². The largest absolute Gasteiger partial charge is 0.452 e. The second kappa shape index (κ2) is 8.01. The Morgan fingerprint density at radius 2 is 1.96 bits per heavy atom. The Morgan fingerprint density at radius 3 is 2.65 bits per heavy atom. The van der Waals surface area contributed by atoms with E-state index in [0.29, 0.717) is 22.7 Å². The number of carbonyl (C=O) groups is 2. The summed E-state index contributed by atoms with van der Waals surface area (Å²) in [6, 6.07) is 14.4. The molecule has 0 spiro atoms. The standard InChI is InChI=1S/C18H16BrN3O4/c1-22(11-13-7-8-16(19)25-13)17(23)10-20-18(24)14-9-15(26-21-14)12-5-3-2-4-6-12/h2-9H,10-11H2,1H3,(H,20,24). The monoisotopic (exact) mass is 417 g/mol. The zero-order chi connectivity index (χ0) is 18.5. The normalized spacial score (nSPS) is 10.5. The summed E-state index contributed by atoms with van der Waals surface area (Å²) in [7, 11) is 1.63. The van der Waals surface area contributed by atoms with Crippen LogP contribution in [0.25, 0.3) is 11.3 Å². The number of halogens is 1. The van der Waals surface area contributed by atoms with Crippen molar-refractivity contribution < 1.29 is 18.5 Å². The molecule has 134 valence electrons. The molecule has 0 aliphatic carbocycles. The molecule has 2 aromatic heterocycles. The molecule has 0 fully saturated rings. The first kappa shape index (κ1) is 17.9. The molecule has 2 amide bonds. The molecule has 8 heteroatoms. The van der Waals surface area contributed by atoms with Gasteiger partial charge in [-0.25, -0.2) is 0 Å². The average molecular weight is 418 g/mol. The summed E-state index contributed by atoms with van der Waals surface area (Å²) in [4.78, 5) is 25.7. The minimum atomic E-state index is -0.474. The van der Waals surface area contributed by atoms with Gasteiger partial charge in [0.05, 0.1) is 13.1 Å². The zero-order valence-corrected chi connectivity index (χ0v) is 15.5. The zero-order valence-electron chi connectivity index (χ0n) is 13.9. The van der Waals surface area contributed by atoms with Crippen LogP contribution in [0.4, 0.5) is 0 Å². The number of hydrogen-bond acceptors (Lipinski definition) is 5. The van der Waals surface area contributed by atoms with Gasteiger partial charge < -0.3 is 19.2 Å². The lowest BCUT2D eigenvalue weighted by Gasteiger charge is -2.15. The summed E-state index contributed by atoms with van der Waals surface area (Å²) in [6.07, 6.45) is 0. The van der Waals surface area contributed by atoms with Crippen molar-refractivity contribution in [2.45, 2.75) is 6.54 Å². The third kappa shape index (κ3) is 4.40. The average Bonchev–Trinajstić information content (AvgIpc) is 3.29. The maximum Gasteiger partial charge on any atom is 0.273 e. The summed E-state index contributed by atoms with van der Waals surface area (Å²) in [5.41, 5.74) is 0.939. The van der Waals surface area contributed by atoms with Crippen LogP contribution in [-0.4, -0.2) is 35.5 Å². The van der Waals surface area contributed by atoms with Gasteiger partial charge in [0.25, 0.3) is 5.91 Å². The number of carbonyl (C=O) groups excluding carboxylic acids is 2. The number of nitrogens with one attached hydrogen (secondary N) is 1. The number of nitrogens with zero attached hydrogens (tertiary/aromatic N) is 2. The van der Waals surface area contributed by atoms with Gasteiger partial charge in [0.1, 0.15) is 5.76 Å². The maximum atomic E-state index is 12.1. The van der Waals surface area contributed by atoms with Crippen LogP contribution in [0.2, 0.25) is 0 Å². The molecule has 0 unspecified atom stereocenters. The molecule has 2 heterocycles. The highest BCUT2D eigenvalue weighted by Gasteiger charge is 2.16. The Bertz CT molecular complexity index is 904. The van der Waals surface area contributed by atoms with E-state index >= 15 is 0 Å². The Kier molecular flexibility index (Phi) is 5.52. The number of aromatic nitrogens is 1. The summed E-state index contributed by atoms with van der Waals surface area (Å²) in [5.74, 6) is 0.404. The number of furan rings is 1. The van der Waals surface area contributed by atoms with Crippen LogP contribution in [0.1, 0.15) is 16.2 Å². The molecule has 3 aromatic rings. The van der Waals surface area contributed by atoms with Crippen molar-refractivity contribution in [2.75, 3.05) is 13.6 Å². The van der Waals surface area contributed by atoms with Crippen LogP contribution < -0.4 is 5.32 Å². The van der Waals surface area contributed by atoms with Crippen molar-refractivity contribution in [3.05, 3.63) is 64.7 Å². The highest BCUT2D eigenvalue weighted by atomic mass is 79.9. The number of likely N-dealkylation sites (N-methyl/N-ethyl adjacent to an activating group) is 1. The molecule has 7 nitrogen and oxygen atoms in total. The lowest BCUT2D eigenvalue weighted by Crippen LogP contribution is -2.37. The van der Waals surface area contributed by atoms with E-state index in [1.165, 1.54) is 4.90 Å². The highest BCUT2D eigenvalue weighted by molar-refractivity contribution is 9.10. The van der Waals surface area contributed by atoms with Crippen LogP contribution in [0.3, 0.4) is 0 Å². The lowest BCUT2D eigenvalue weighted by atomic mass is 10.1. The first-order chi connectivity index (χ1) is 12.5. The molecule has 0 saturated carbocycles. The van der Waals surface area contributed by atoms with Crippen molar-refractivity contribution in [3.8, 4) is 11.3 Å². The Morgan fingerprint density at radius 1 is 1.19 bits per heavy atom. The highest BCUT2D eigenvalue weighted by Crippen LogP contribution is 2.19. The van der Waals surface area contributed by atoms with Crippen molar-refractivity contribution in [1.82, 2.24) is 15.4 Å². The Hall–Kier alpha value is -2.87. The molecule has 26 heavy (non-hydrogen) atoms. The molecule has 0 saturated heterocycles. The minimum Gasteiger partial charge on any atom is -0.452 e. The third-order valence-corrected chi connectivity index (χ3v) is 4.08. The molecule has 0 bridgehead atoms. The molecule has 0 atom stereocenters. The minimum absolute atomic E-state index is 0.120. The van der Waals surface area contributed by atoms with Gasteiger partial charge in [0.2, 0.25) is 5.91 Å². The molecule has 1 aromatic carbocycles. The van der Waals surface area contributed by atoms with Gasteiger partial charge in [-0.15, -0.1) is 0 Å². The van der Waals surface area contributed by atoms with Gasteiger partial charge in [0, 0.05) is 18.7 Å². The second-order valence-corrected chi connectivity index (χ2v) is 6.36. The van der Waals surface area contributed by atoms with E-state index in [2.05, 4.69) is 26.4 Å². The van der Waals surface area contributed by atoms with E-state index in [1.807, 2.05) is 30.3 Å². The van der Waals surface area contributed by atoms with E-state index in [-0.39, 0.29) is 18.1 Å². The summed E-state index contributed by atoms with van der Waals surface area (Å²) < 4.78 is 11.1. The molecule has 0 radical (unpaired) electrons. The summed E-state index contributed by atoms with van der Waals surface area (Å²) in [5, 5.41) is 6.30. The van der Waals surface area contributed by atoms with Crippen molar-refractivity contribution >= 4 is 27.7 Å². The Balaban J connectivity index is 1.53. The number of amides is 2. The predicted molar refractivity (Wildman–Crippen MR) is 97.2 cm³/mol. The fourth-order valence-electron chi connectivity index (χ4n) is 2.26. The lowest BCUT2D eigenvalue weighted by molar-refractivity contribution is -0.129. The first-order valence-corrected chi connectivity index (χ1v) is 8.61.